The molecule has 0 bridgehead atoms. The molecular weight excluding hydrogens is 248 g/mol. The van der Waals surface area contributed by atoms with E-state index in [9.17, 15) is 0 Å². The molecule has 84 valence electrons. The largest absolute Gasteiger partial charge is 0.384 e. The van der Waals surface area contributed by atoms with Gasteiger partial charge in [0.25, 0.3) is 0 Å². The van der Waals surface area contributed by atoms with E-state index in [0.29, 0.717) is 21.7 Å². The Balaban J connectivity index is 2.10. The van der Waals surface area contributed by atoms with Gasteiger partial charge < -0.3 is 5.73 Å². The van der Waals surface area contributed by atoms with E-state index in [2.05, 4.69) is 20.5 Å². The van der Waals surface area contributed by atoms with E-state index < -0.39 is 0 Å². The SMILES string of the molecule is Cn1nnnc1SCc1nc(N)ccc1Cl. The standard InChI is InChI=1S/C8H9ClN6S/c1-15-8(12-13-14-15)16-4-6-5(9)2-3-7(10)11-6/h2-3H,4H2,1H3,(H2,10,11). The number of hydrogen-bond acceptors (Lipinski definition) is 6. The zero-order chi connectivity index (χ0) is 11.5. The highest BCUT2D eigenvalue weighted by atomic mass is 35.5. The normalized spacial score (nSPS) is 10.6. The van der Waals surface area contributed by atoms with Gasteiger partial charge in [0.05, 0.1) is 10.7 Å². The third kappa shape index (κ3) is 2.42. The molecule has 0 radical (unpaired) electrons. The number of anilines is 1. The van der Waals surface area contributed by atoms with Gasteiger partial charge in [-0.3, -0.25) is 0 Å². The van der Waals surface area contributed by atoms with Gasteiger partial charge in [-0.25, -0.2) is 9.67 Å². The van der Waals surface area contributed by atoms with Crippen molar-refractivity contribution in [1.82, 2.24) is 25.2 Å². The third-order valence-electron chi connectivity index (χ3n) is 1.86. The molecule has 16 heavy (non-hydrogen) atoms. The summed E-state index contributed by atoms with van der Waals surface area (Å²) in [6.45, 7) is 0. The van der Waals surface area contributed by atoms with Crippen molar-refractivity contribution in [2.24, 2.45) is 7.05 Å². The fourth-order valence-corrected chi connectivity index (χ4v) is 2.13. The molecule has 2 aromatic heterocycles. The summed E-state index contributed by atoms with van der Waals surface area (Å²) in [5.41, 5.74) is 6.31. The van der Waals surface area contributed by atoms with Crippen LogP contribution >= 0.6 is 23.4 Å². The van der Waals surface area contributed by atoms with E-state index in [0.717, 1.165) is 5.69 Å². The smallest absolute Gasteiger partial charge is 0.209 e. The third-order valence-corrected chi connectivity index (χ3v) is 3.23. The molecule has 0 saturated heterocycles. The van der Waals surface area contributed by atoms with Crippen molar-refractivity contribution >= 4 is 29.2 Å². The second kappa shape index (κ2) is 4.67. The monoisotopic (exact) mass is 256 g/mol. The summed E-state index contributed by atoms with van der Waals surface area (Å²) in [6.07, 6.45) is 0. The van der Waals surface area contributed by atoms with Crippen molar-refractivity contribution in [3.05, 3.63) is 22.8 Å². The lowest BCUT2D eigenvalue weighted by Crippen LogP contribution is -1.97. The van der Waals surface area contributed by atoms with Gasteiger partial charge in [-0.1, -0.05) is 23.4 Å². The number of nitrogen functional groups attached to an aromatic ring is 1. The second-order valence-electron chi connectivity index (χ2n) is 3.04. The Hall–Kier alpha value is -1.34. The number of thioether (sulfide) groups is 1. The molecule has 2 N–H and O–H groups in total. The fraction of sp³-hybridized carbons (Fsp3) is 0.250. The number of halogens is 1. The highest BCUT2D eigenvalue weighted by molar-refractivity contribution is 7.98. The molecular formula is C8H9ClN6S. The molecule has 2 aromatic rings. The second-order valence-corrected chi connectivity index (χ2v) is 4.39. The van der Waals surface area contributed by atoms with Crippen LogP contribution in [0.4, 0.5) is 5.82 Å². The average molecular weight is 257 g/mol. The number of nitrogens with zero attached hydrogens (tertiary/aromatic N) is 5. The van der Waals surface area contributed by atoms with Crippen LogP contribution in [0.15, 0.2) is 17.3 Å². The van der Waals surface area contributed by atoms with E-state index in [-0.39, 0.29) is 0 Å². The molecule has 0 fully saturated rings. The summed E-state index contributed by atoms with van der Waals surface area (Å²) in [5, 5.41) is 12.4. The maximum Gasteiger partial charge on any atom is 0.209 e. The summed E-state index contributed by atoms with van der Waals surface area (Å²) in [4.78, 5) is 4.15. The summed E-state index contributed by atoms with van der Waals surface area (Å²) >= 11 is 7.44. The van der Waals surface area contributed by atoms with Gasteiger partial charge in [-0.05, 0) is 22.6 Å². The van der Waals surface area contributed by atoms with Gasteiger partial charge in [0, 0.05) is 12.8 Å². The van der Waals surface area contributed by atoms with E-state index >= 15 is 0 Å². The van der Waals surface area contributed by atoms with Crippen LogP contribution in [0.3, 0.4) is 0 Å². The van der Waals surface area contributed by atoms with Crippen molar-refractivity contribution in [2.45, 2.75) is 10.9 Å². The summed E-state index contributed by atoms with van der Waals surface area (Å²) in [7, 11) is 1.77. The van der Waals surface area contributed by atoms with Crippen molar-refractivity contribution in [2.75, 3.05) is 5.73 Å². The predicted octanol–water partition coefficient (Wildman–Crippen LogP) is 1.13. The predicted molar refractivity (Wildman–Crippen MR) is 62.0 cm³/mol. The quantitative estimate of drug-likeness (QED) is 0.829. The Kier molecular flexibility index (Phi) is 3.25. The van der Waals surface area contributed by atoms with Crippen LogP contribution in [0, 0.1) is 0 Å². The lowest BCUT2D eigenvalue weighted by molar-refractivity contribution is 0.664. The Morgan fingerprint density at radius 2 is 2.31 bits per heavy atom. The van der Waals surface area contributed by atoms with Crippen LogP contribution in [-0.4, -0.2) is 25.2 Å². The molecule has 0 aliphatic rings. The van der Waals surface area contributed by atoms with Gasteiger partial charge in [-0.15, -0.1) is 5.10 Å². The molecule has 6 nitrogen and oxygen atoms in total. The highest BCUT2D eigenvalue weighted by Crippen LogP contribution is 2.23. The molecule has 2 rings (SSSR count). The van der Waals surface area contributed by atoms with E-state index in [1.54, 1.807) is 23.9 Å². The first-order chi connectivity index (χ1) is 7.66. The summed E-state index contributed by atoms with van der Waals surface area (Å²) in [6, 6.07) is 3.40. The summed E-state index contributed by atoms with van der Waals surface area (Å²) in [5.74, 6) is 1.04. The highest BCUT2D eigenvalue weighted by Gasteiger charge is 2.07. The summed E-state index contributed by atoms with van der Waals surface area (Å²) < 4.78 is 1.59. The van der Waals surface area contributed by atoms with Gasteiger partial charge in [0.2, 0.25) is 5.16 Å². The number of aromatic nitrogens is 5. The zero-order valence-electron chi connectivity index (χ0n) is 8.46. The van der Waals surface area contributed by atoms with Crippen molar-refractivity contribution in [1.29, 1.82) is 0 Å². The number of aryl methyl sites for hydroxylation is 1. The molecule has 2 heterocycles. The van der Waals surface area contributed by atoms with Crippen LogP contribution in [0.5, 0.6) is 0 Å². The lowest BCUT2D eigenvalue weighted by atomic mass is 10.4. The topological polar surface area (TPSA) is 82.5 Å². The van der Waals surface area contributed by atoms with Gasteiger partial charge in [0.1, 0.15) is 5.82 Å². The van der Waals surface area contributed by atoms with Crippen molar-refractivity contribution < 1.29 is 0 Å². The molecule has 0 atom stereocenters. The maximum atomic E-state index is 5.99. The van der Waals surface area contributed by atoms with E-state index in [1.165, 1.54) is 11.8 Å². The molecule has 0 spiro atoms. The molecule has 0 aromatic carbocycles. The van der Waals surface area contributed by atoms with E-state index in [4.69, 9.17) is 17.3 Å². The number of hydrogen-bond donors (Lipinski definition) is 1. The number of tetrazole rings is 1. The van der Waals surface area contributed by atoms with Crippen LogP contribution in [0.1, 0.15) is 5.69 Å². The molecule has 0 saturated carbocycles. The molecule has 8 heteroatoms. The molecule has 0 amide bonds. The first-order valence-corrected chi connectivity index (χ1v) is 5.79. The minimum Gasteiger partial charge on any atom is -0.384 e. The van der Waals surface area contributed by atoms with Crippen molar-refractivity contribution in [3.8, 4) is 0 Å². The van der Waals surface area contributed by atoms with Crippen LogP contribution < -0.4 is 5.73 Å². The first kappa shape index (κ1) is 11.2. The van der Waals surface area contributed by atoms with Gasteiger partial charge in [0.15, 0.2) is 0 Å². The Morgan fingerprint density at radius 1 is 1.50 bits per heavy atom. The van der Waals surface area contributed by atoms with Gasteiger partial charge >= 0.3 is 0 Å². The lowest BCUT2D eigenvalue weighted by Gasteiger charge is -2.03. The zero-order valence-corrected chi connectivity index (χ0v) is 10.0. The number of pyridine rings is 1. The minimum atomic E-state index is 0.455. The molecule has 0 aliphatic carbocycles. The molecule has 0 aliphatic heterocycles. The number of rotatable bonds is 3. The first-order valence-electron chi connectivity index (χ1n) is 4.43. The Bertz CT molecular complexity index is 499. The van der Waals surface area contributed by atoms with Crippen LogP contribution in [-0.2, 0) is 12.8 Å². The average Bonchev–Trinajstić information content (AvgIpc) is 2.66. The molecule has 0 unspecified atom stereocenters. The maximum absolute atomic E-state index is 5.99. The Morgan fingerprint density at radius 3 is 3.00 bits per heavy atom. The number of nitrogens with two attached hydrogens (primary N) is 1. The minimum absolute atomic E-state index is 0.455. The van der Waals surface area contributed by atoms with Crippen LogP contribution in [0.25, 0.3) is 0 Å². The van der Waals surface area contributed by atoms with Crippen LogP contribution in [0.2, 0.25) is 5.02 Å². The van der Waals surface area contributed by atoms with E-state index in [1.807, 2.05) is 0 Å². The fourth-order valence-electron chi connectivity index (χ4n) is 1.08. The van der Waals surface area contributed by atoms with Gasteiger partial charge in [-0.2, -0.15) is 0 Å². The Labute approximate surface area is 101 Å². The van der Waals surface area contributed by atoms with Crippen molar-refractivity contribution in [3.63, 3.8) is 0 Å².